The lowest BCUT2D eigenvalue weighted by atomic mass is 10.1. The van der Waals surface area contributed by atoms with Crippen LogP contribution in [0.15, 0.2) is 61.2 Å². The van der Waals surface area contributed by atoms with Gasteiger partial charge in [-0.2, -0.15) is 5.10 Å². The minimum absolute atomic E-state index is 0.0470. The summed E-state index contributed by atoms with van der Waals surface area (Å²) in [5, 5.41) is 19.9. The number of nitrogens with one attached hydrogen (secondary N) is 2. The lowest BCUT2D eigenvalue weighted by Gasteiger charge is -2.14. The molecule has 4 aromatic rings. The number of benzene rings is 2. The molecule has 2 aromatic heterocycles. The van der Waals surface area contributed by atoms with Crippen LogP contribution >= 0.6 is 0 Å². The molecule has 0 spiro atoms. The molecule has 1 unspecified atom stereocenters. The third-order valence-electron chi connectivity index (χ3n) is 5.96. The molecular formula is C25H24FN7O4. The van der Waals surface area contributed by atoms with E-state index in [0.717, 1.165) is 11.8 Å². The molecule has 3 N–H and O–H groups in total. The molecule has 0 bridgehead atoms. The van der Waals surface area contributed by atoms with Crippen molar-refractivity contribution in [1.82, 2.24) is 24.6 Å². The Kier molecular flexibility index (Phi) is 6.79. The van der Waals surface area contributed by atoms with Gasteiger partial charge in [-0.15, -0.1) is 0 Å². The van der Waals surface area contributed by atoms with E-state index in [4.69, 9.17) is 9.84 Å². The van der Waals surface area contributed by atoms with E-state index in [9.17, 15) is 14.0 Å². The summed E-state index contributed by atoms with van der Waals surface area (Å²) in [6, 6.07) is 11.2. The maximum atomic E-state index is 13.3. The Hall–Kier alpha value is -4.74. The molecule has 1 aliphatic rings. The number of rotatable bonds is 8. The molecule has 1 aliphatic heterocycles. The highest BCUT2D eigenvalue weighted by molar-refractivity contribution is 5.92. The normalized spacial score (nSPS) is 15.1. The summed E-state index contributed by atoms with van der Waals surface area (Å²) in [4.78, 5) is 33.4. The number of ether oxygens (including phenoxy) is 1. The second kappa shape index (κ2) is 10.5. The first kappa shape index (κ1) is 24.0. The third kappa shape index (κ3) is 5.92. The first-order valence-electron chi connectivity index (χ1n) is 11.6. The minimum Gasteiger partial charge on any atom is -0.493 e. The summed E-state index contributed by atoms with van der Waals surface area (Å²) in [6.45, 7) is 1.38. The first-order valence-corrected chi connectivity index (χ1v) is 11.6. The predicted molar refractivity (Wildman–Crippen MR) is 133 cm³/mol. The van der Waals surface area contributed by atoms with E-state index in [0.29, 0.717) is 48.2 Å². The van der Waals surface area contributed by atoms with Gasteiger partial charge >= 0.3 is 6.09 Å². The zero-order valence-electron chi connectivity index (χ0n) is 19.7. The van der Waals surface area contributed by atoms with Crippen LogP contribution in [-0.2, 0) is 11.3 Å². The molecule has 1 saturated heterocycles. The van der Waals surface area contributed by atoms with Gasteiger partial charge in [0.15, 0.2) is 0 Å². The number of carbonyl (C=O) groups excluding carboxylic acids is 1. The van der Waals surface area contributed by atoms with Crippen LogP contribution < -0.4 is 15.4 Å². The van der Waals surface area contributed by atoms with Crippen LogP contribution in [0.2, 0.25) is 0 Å². The van der Waals surface area contributed by atoms with Gasteiger partial charge in [0.05, 0.1) is 24.0 Å². The monoisotopic (exact) mass is 505 g/mol. The fraction of sp³-hybridized carbons (Fsp3) is 0.240. The Morgan fingerprint density at radius 2 is 2.05 bits per heavy atom. The molecule has 0 radical (unpaired) electrons. The van der Waals surface area contributed by atoms with Crippen LogP contribution in [0.25, 0.3) is 10.9 Å². The van der Waals surface area contributed by atoms with Crippen LogP contribution in [-0.4, -0.2) is 61.5 Å². The predicted octanol–water partition coefficient (Wildman–Crippen LogP) is 3.73. The van der Waals surface area contributed by atoms with E-state index in [2.05, 4.69) is 25.7 Å². The van der Waals surface area contributed by atoms with E-state index in [-0.39, 0.29) is 18.4 Å². The molecule has 190 valence electrons. The number of anilines is 3. The molecule has 3 heterocycles. The zero-order valence-corrected chi connectivity index (χ0v) is 19.7. The number of fused-ring (bicyclic) bond motifs is 1. The Morgan fingerprint density at radius 3 is 2.86 bits per heavy atom. The summed E-state index contributed by atoms with van der Waals surface area (Å²) in [7, 11) is 0. The van der Waals surface area contributed by atoms with E-state index < -0.39 is 11.9 Å². The van der Waals surface area contributed by atoms with Gasteiger partial charge in [-0.25, -0.2) is 19.2 Å². The van der Waals surface area contributed by atoms with Gasteiger partial charge in [0.1, 0.15) is 30.3 Å². The van der Waals surface area contributed by atoms with Crippen LogP contribution in [0.4, 0.5) is 26.4 Å². The Morgan fingerprint density at radius 1 is 1.16 bits per heavy atom. The van der Waals surface area contributed by atoms with E-state index in [1.165, 1.54) is 34.1 Å². The summed E-state index contributed by atoms with van der Waals surface area (Å²) < 4.78 is 20.7. The highest BCUT2D eigenvalue weighted by Crippen LogP contribution is 2.27. The fourth-order valence-corrected chi connectivity index (χ4v) is 4.15. The fourth-order valence-electron chi connectivity index (χ4n) is 4.15. The minimum atomic E-state index is -0.900. The number of hydrogen-bond acceptors (Lipinski definition) is 7. The number of amides is 2. The van der Waals surface area contributed by atoms with Crippen molar-refractivity contribution >= 4 is 40.1 Å². The van der Waals surface area contributed by atoms with Gasteiger partial charge in [0.25, 0.3) is 0 Å². The Labute approximate surface area is 210 Å². The maximum Gasteiger partial charge on any atom is 0.407 e. The number of carbonyl (C=O) groups is 2. The highest BCUT2D eigenvalue weighted by atomic mass is 19.1. The molecule has 11 nitrogen and oxygen atoms in total. The molecule has 37 heavy (non-hydrogen) atoms. The average molecular weight is 506 g/mol. The highest BCUT2D eigenvalue weighted by Gasteiger charge is 2.26. The van der Waals surface area contributed by atoms with Gasteiger partial charge in [0.2, 0.25) is 5.91 Å². The second-order valence-electron chi connectivity index (χ2n) is 8.71. The zero-order chi connectivity index (χ0) is 25.8. The second-order valence-corrected chi connectivity index (χ2v) is 8.71. The standard InChI is InChI=1S/C25H24FN7O4/c26-17-2-1-3-18(8-17)30-23(34)13-33-12-19(10-29-33)31-24-21-5-4-20(9-22(21)27-15-28-24)37-14-16-6-7-32(11-16)25(35)36/h1-5,8-10,12,15-16H,6-7,11,13-14H2,(H,30,34)(H,35,36)(H,27,28,31). The van der Waals surface area contributed by atoms with Crippen molar-refractivity contribution in [3.05, 3.63) is 67.0 Å². The van der Waals surface area contributed by atoms with Gasteiger partial charge in [-0.1, -0.05) is 6.07 Å². The van der Waals surface area contributed by atoms with Crippen molar-refractivity contribution in [2.45, 2.75) is 13.0 Å². The van der Waals surface area contributed by atoms with Crippen molar-refractivity contribution in [1.29, 1.82) is 0 Å². The van der Waals surface area contributed by atoms with Crippen LogP contribution in [0.5, 0.6) is 5.75 Å². The lowest BCUT2D eigenvalue weighted by Crippen LogP contribution is -2.27. The average Bonchev–Trinajstić information content (AvgIpc) is 3.52. The molecule has 12 heteroatoms. The molecule has 0 saturated carbocycles. The molecular weight excluding hydrogens is 481 g/mol. The van der Waals surface area contributed by atoms with Crippen molar-refractivity contribution in [3.8, 4) is 5.75 Å². The van der Waals surface area contributed by atoms with Crippen molar-refractivity contribution in [2.24, 2.45) is 5.92 Å². The summed E-state index contributed by atoms with van der Waals surface area (Å²) >= 11 is 0. The summed E-state index contributed by atoms with van der Waals surface area (Å²) in [5.41, 5.74) is 1.68. The van der Waals surface area contributed by atoms with Crippen LogP contribution in [0.3, 0.4) is 0 Å². The van der Waals surface area contributed by atoms with E-state index in [1.54, 1.807) is 18.5 Å². The Balaban J connectivity index is 1.20. The number of halogens is 1. The van der Waals surface area contributed by atoms with Crippen molar-refractivity contribution < 1.29 is 23.8 Å². The van der Waals surface area contributed by atoms with Gasteiger partial charge in [-0.05, 0) is 36.8 Å². The third-order valence-corrected chi connectivity index (χ3v) is 5.96. The van der Waals surface area contributed by atoms with Gasteiger partial charge in [-0.3, -0.25) is 9.48 Å². The van der Waals surface area contributed by atoms with Crippen LogP contribution in [0, 0.1) is 11.7 Å². The molecule has 0 aliphatic carbocycles. The summed E-state index contributed by atoms with van der Waals surface area (Å²) in [5.74, 6) is 0.590. The quantitative estimate of drug-likeness (QED) is 0.330. The molecule has 2 amide bonds. The number of likely N-dealkylation sites (tertiary alicyclic amines) is 1. The molecule has 5 rings (SSSR count). The summed E-state index contributed by atoms with van der Waals surface area (Å²) in [6.07, 6.45) is 4.55. The van der Waals surface area contributed by atoms with Crippen molar-refractivity contribution in [2.75, 3.05) is 30.3 Å². The first-order chi connectivity index (χ1) is 17.9. The smallest absolute Gasteiger partial charge is 0.407 e. The number of hydrogen-bond donors (Lipinski definition) is 3. The maximum absolute atomic E-state index is 13.3. The topological polar surface area (TPSA) is 134 Å². The number of carboxylic acid groups (broad SMARTS) is 1. The Bertz CT molecular complexity index is 1440. The number of aromatic nitrogens is 4. The van der Waals surface area contributed by atoms with Crippen molar-refractivity contribution in [3.63, 3.8) is 0 Å². The van der Waals surface area contributed by atoms with E-state index >= 15 is 0 Å². The molecule has 1 atom stereocenters. The van der Waals surface area contributed by atoms with Crippen LogP contribution in [0.1, 0.15) is 6.42 Å². The molecule has 1 fully saturated rings. The van der Waals surface area contributed by atoms with E-state index in [1.807, 2.05) is 18.2 Å². The lowest BCUT2D eigenvalue weighted by molar-refractivity contribution is -0.116. The largest absolute Gasteiger partial charge is 0.493 e. The van der Waals surface area contributed by atoms with Gasteiger partial charge in [0, 0.05) is 42.3 Å². The molecule has 2 aromatic carbocycles. The van der Waals surface area contributed by atoms with Gasteiger partial charge < -0.3 is 25.4 Å². The SMILES string of the molecule is O=C(Cn1cc(Nc2ncnc3cc(OCC4CCN(C(=O)O)C4)ccc23)cn1)Nc1cccc(F)c1. The number of nitrogens with zero attached hydrogens (tertiary/aromatic N) is 5.